The summed E-state index contributed by atoms with van der Waals surface area (Å²) >= 11 is 0. The van der Waals surface area contributed by atoms with Crippen LogP contribution in [0.3, 0.4) is 0 Å². The van der Waals surface area contributed by atoms with E-state index in [2.05, 4.69) is 20.5 Å². The molecule has 0 atom stereocenters. The predicted molar refractivity (Wildman–Crippen MR) is 228 cm³/mol. The molecule has 6 rings (SSSR count). The van der Waals surface area contributed by atoms with Crippen molar-refractivity contribution in [3.8, 4) is 34.1 Å². The van der Waals surface area contributed by atoms with Crippen molar-refractivity contribution in [1.29, 1.82) is 0 Å². The standard InChI is InChI=1S/C42H41N7O10S2/c1-47(42(51)28-49(60(52,53)33-11-7-6-8-12-33)37-24-32(57-3)15-17-40(37)59-5)38-26-43-20-19-35(38)29-10-9-13-34(22-29)61(54,55)48(27-41(50)46-30-18-21-44-45-25-30)36-23-31(56-2)14-16-39(36)58-4/h6-26H,27-28H2,1-5H3,(H,44,46,50). The van der Waals surface area contributed by atoms with Gasteiger partial charge in [0.1, 0.15) is 36.1 Å². The van der Waals surface area contributed by atoms with E-state index in [0.29, 0.717) is 28.3 Å². The fourth-order valence-electron chi connectivity index (χ4n) is 6.21. The monoisotopic (exact) mass is 867 g/mol. The number of pyridine rings is 1. The topological polar surface area (TPSA) is 200 Å². The molecule has 0 aliphatic heterocycles. The molecule has 0 radical (unpaired) electrons. The summed E-state index contributed by atoms with van der Waals surface area (Å²) in [7, 11) is -1.88. The molecule has 1 N–H and O–H groups in total. The van der Waals surface area contributed by atoms with Crippen molar-refractivity contribution in [2.24, 2.45) is 0 Å². The van der Waals surface area contributed by atoms with E-state index in [1.54, 1.807) is 42.5 Å². The van der Waals surface area contributed by atoms with Crippen LogP contribution in [-0.4, -0.2) is 92.4 Å². The third-order valence-corrected chi connectivity index (χ3v) is 12.9. The molecule has 2 amide bonds. The summed E-state index contributed by atoms with van der Waals surface area (Å²) < 4.78 is 81.6. The number of likely N-dealkylation sites (N-methyl/N-ethyl adjacent to an activating group) is 1. The number of amides is 2. The molecule has 19 heteroatoms. The van der Waals surface area contributed by atoms with Crippen LogP contribution in [0, 0.1) is 0 Å². The van der Waals surface area contributed by atoms with Crippen molar-refractivity contribution in [2.75, 3.05) is 67.4 Å². The molecule has 0 unspecified atom stereocenters. The van der Waals surface area contributed by atoms with Gasteiger partial charge in [0.15, 0.2) is 0 Å². The van der Waals surface area contributed by atoms with Gasteiger partial charge in [0, 0.05) is 30.9 Å². The van der Waals surface area contributed by atoms with Crippen LogP contribution in [0.5, 0.6) is 23.0 Å². The van der Waals surface area contributed by atoms with E-state index in [9.17, 15) is 26.4 Å². The smallest absolute Gasteiger partial charge is 0.264 e. The Balaban J connectivity index is 1.38. The van der Waals surface area contributed by atoms with E-state index < -0.39 is 45.0 Å². The van der Waals surface area contributed by atoms with E-state index in [4.69, 9.17) is 18.9 Å². The highest BCUT2D eigenvalue weighted by molar-refractivity contribution is 7.93. The van der Waals surface area contributed by atoms with Crippen molar-refractivity contribution in [3.63, 3.8) is 0 Å². The third kappa shape index (κ3) is 9.47. The summed E-state index contributed by atoms with van der Waals surface area (Å²) in [5.41, 5.74) is 1.34. The lowest BCUT2D eigenvalue weighted by Crippen LogP contribution is -2.42. The van der Waals surface area contributed by atoms with Gasteiger partial charge in [-0.3, -0.25) is 23.2 Å². The van der Waals surface area contributed by atoms with Crippen LogP contribution in [0.2, 0.25) is 0 Å². The second kappa shape index (κ2) is 18.8. The lowest BCUT2D eigenvalue weighted by Gasteiger charge is -2.28. The molecule has 316 valence electrons. The number of sulfonamides is 2. The fourth-order valence-corrected chi connectivity index (χ4v) is 9.12. The first kappa shape index (κ1) is 43.3. The average molecular weight is 868 g/mol. The van der Waals surface area contributed by atoms with Gasteiger partial charge in [0.2, 0.25) is 11.8 Å². The van der Waals surface area contributed by atoms with Gasteiger partial charge in [0.05, 0.1) is 79.6 Å². The summed E-state index contributed by atoms with van der Waals surface area (Å²) in [4.78, 5) is 32.9. The van der Waals surface area contributed by atoms with Crippen molar-refractivity contribution >= 4 is 54.6 Å². The van der Waals surface area contributed by atoms with Gasteiger partial charge in [0.25, 0.3) is 20.0 Å². The summed E-state index contributed by atoms with van der Waals surface area (Å²) in [5.74, 6) is -0.422. The molecule has 2 heterocycles. The van der Waals surface area contributed by atoms with Crippen molar-refractivity contribution in [3.05, 3.63) is 128 Å². The number of methoxy groups -OCH3 is 4. The van der Waals surface area contributed by atoms with Crippen LogP contribution in [0.4, 0.5) is 22.7 Å². The van der Waals surface area contributed by atoms with E-state index >= 15 is 0 Å². The normalized spacial score (nSPS) is 11.2. The maximum Gasteiger partial charge on any atom is 0.264 e. The number of rotatable bonds is 17. The molecular formula is C42H41N7O10S2. The number of aromatic nitrogens is 3. The molecule has 0 fully saturated rings. The minimum Gasteiger partial charge on any atom is -0.497 e. The second-order valence-electron chi connectivity index (χ2n) is 13.0. The SMILES string of the molecule is COc1ccc(OC)c(N(CC(=O)Nc2ccnnc2)S(=O)(=O)c2cccc(-c3ccncc3N(C)C(=O)CN(c3cc(OC)ccc3OC)S(=O)(=O)c3ccccc3)c2)c1. The number of hydrogen-bond acceptors (Lipinski definition) is 13. The first-order valence-corrected chi connectivity index (χ1v) is 21.1. The molecule has 0 saturated carbocycles. The second-order valence-corrected chi connectivity index (χ2v) is 16.7. The Morgan fingerprint density at radius 1 is 0.607 bits per heavy atom. The van der Waals surface area contributed by atoms with Crippen LogP contribution in [0.25, 0.3) is 11.1 Å². The van der Waals surface area contributed by atoms with Crippen molar-refractivity contribution in [1.82, 2.24) is 15.2 Å². The number of carbonyl (C=O) groups is 2. The van der Waals surface area contributed by atoms with E-state index in [0.717, 1.165) is 8.61 Å². The van der Waals surface area contributed by atoms with Crippen LogP contribution >= 0.6 is 0 Å². The molecule has 0 spiro atoms. The number of nitrogens with zero attached hydrogens (tertiary/aromatic N) is 6. The number of nitrogens with one attached hydrogen (secondary N) is 1. The van der Waals surface area contributed by atoms with Gasteiger partial charge in [-0.1, -0.05) is 30.3 Å². The molecule has 17 nitrogen and oxygen atoms in total. The molecule has 4 aromatic carbocycles. The molecule has 0 bridgehead atoms. The fraction of sp³-hybridized carbons (Fsp3) is 0.167. The zero-order valence-electron chi connectivity index (χ0n) is 33.6. The minimum absolute atomic E-state index is 0.0212. The highest BCUT2D eigenvalue weighted by Crippen LogP contribution is 2.39. The Morgan fingerprint density at radius 3 is 1.80 bits per heavy atom. The predicted octanol–water partition coefficient (Wildman–Crippen LogP) is 5.27. The number of ether oxygens (including phenoxy) is 4. The van der Waals surface area contributed by atoms with Crippen molar-refractivity contribution in [2.45, 2.75) is 9.79 Å². The Hall–Kier alpha value is -7.25. The van der Waals surface area contributed by atoms with E-state index in [1.165, 1.54) is 126 Å². The lowest BCUT2D eigenvalue weighted by molar-refractivity contribution is -0.117. The van der Waals surface area contributed by atoms with Crippen LogP contribution in [0.15, 0.2) is 138 Å². The Labute approximate surface area is 353 Å². The molecule has 6 aromatic rings. The molecule has 2 aromatic heterocycles. The average Bonchev–Trinajstić information content (AvgIpc) is 3.29. The summed E-state index contributed by atoms with van der Waals surface area (Å²) in [6, 6.07) is 25.8. The highest BCUT2D eigenvalue weighted by Gasteiger charge is 2.33. The molecule has 0 aliphatic rings. The van der Waals surface area contributed by atoms with Gasteiger partial charge < -0.3 is 29.2 Å². The first-order valence-electron chi connectivity index (χ1n) is 18.2. The molecule has 0 saturated heterocycles. The van der Waals surface area contributed by atoms with Crippen molar-refractivity contribution < 1.29 is 45.4 Å². The summed E-state index contributed by atoms with van der Waals surface area (Å²) in [6.07, 6.45) is 5.56. The van der Waals surface area contributed by atoms with Gasteiger partial charge in [-0.25, -0.2) is 16.8 Å². The van der Waals surface area contributed by atoms with Gasteiger partial charge in [-0.2, -0.15) is 10.2 Å². The van der Waals surface area contributed by atoms with E-state index in [1.807, 2.05) is 0 Å². The van der Waals surface area contributed by atoms with Gasteiger partial charge in [-0.15, -0.1) is 0 Å². The van der Waals surface area contributed by atoms with Gasteiger partial charge >= 0.3 is 0 Å². The van der Waals surface area contributed by atoms with Crippen LogP contribution in [0.1, 0.15) is 0 Å². The number of carbonyl (C=O) groups excluding carboxylic acids is 2. The number of anilines is 4. The summed E-state index contributed by atoms with van der Waals surface area (Å²) in [6.45, 7) is -1.37. The van der Waals surface area contributed by atoms with E-state index in [-0.39, 0.29) is 38.4 Å². The minimum atomic E-state index is -4.56. The van der Waals surface area contributed by atoms with Crippen LogP contribution < -0.4 is 37.8 Å². The highest BCUT2D eigenvalue weighted by atomic mass is 32.2. The zero-order valence-corrected chi connectivity index (χ0v) is 35.3. The van der Waals surface area contributed by atoms with Crippen LogP contribution in [-0.2, 0) is 29.6 Å². The quantitative estimate of drug-likeness (QED) is 0.125. The molecular weight excluding hydrogens is 827 g/mol. The lowest BCUT2D eigenvalue weighted by atomic mass is 10.0. The maximum atomic E-state index is 14.7. The Bertz CT molecular complexity index is 2740. The first-order chi connectivity index (χ1) is 29.3. The number of hydrogen-bond donors (Lipinski definition) is 1. The van der Waals surface area contributed by atoms with Gasteiger partial charge in [-0.05, 0) is 66.2 Å². The maximum absolute atomic E-state index is 14.7. The summed E-state index contributed by atoms with van der Waals surface area (Å²) in [5, 5.41) is 10.1. The Morgan fingerprint density at radius 2 is 1.21 bits per heavy atom. The number of benzene rings is 4. The third-order valence-electron chi connectivity index (χ3n) is 9.34. The molecule has 61 heavy (non-hydrogen) atoms. The zero-order chi connectivity index (χ0) is 43.7. The largest absolute Gasteiger partial charge is 0.497 e. The Kier molecular flexibility index (Phi) is 13.3. The molecule has 0 aliphatic carbocycles.